The summed E-state index contributed by atoms with van der Waals surface area (Å²) in [6.07, 6.45) is 0.0279. The van der Waals surface area contributed by atoms with Crippen LogP contribution in [0.5, 0.6) is 5.75 Å². The van der Waals surface area contributed by atoms with E-state index in [1.54, 1.807) is 13.0 Å². The smallest absolute Gasteiger partial charge is 0.225 e. The zero-order valence-corrected chi connectivity index (χ0v) is 11.5. The van der Waals surface area contributed by atoms with Gasteiger partial charge in [0.15, 0.2) is 0 Å². The van der Waals surface area contributed by atoms with Gasteiger partial charge >= 0.3 is 0 Å². The molecular weight excluding hydrogens is 268 g/mol. The average molecular weight is 283 g/mol. The fourth-order valence-electron chi connectivity index (χ4n) is 1.59. The number of nitriles is 1. The third kappa shape index (κ3) is 4.43. The number of carbonyl (C=O) groups is 1. The van der Waals surface area contributed by atoms with Gasteiger partial charge in [-0.1, -0.05) is 17.7 Å². The zero-order valence-electron chi connectivity index (χ0n) is 10.7. The van der Waals surface area contributed by atoms with Crippen LogP contribution >= 0.6 is 11.6 Å². The molecular formula is C13H15ClN2O3. The fraction of sp³-hybridized carbons (Fsp3) is 0.385. The molecule has 0 heterocycles. The van der Waals surface area contributed by atoms with Crippen LogP contribution in [0, 0.1) is 11.3 Å². The van der Waals surface area contributed by atoms with E-state index in [1.807, 2.05) is 6.07 Å². The molecule has 1 aromatic carbocycles. The molecule has 1 atom stereocenters. The first-order valence-electron chi connectivity index (χ1n) is 5.59. The lowest BCUT2D eigenvalue weighted by molar-refractivity contribution is -0.122. The summed E-state index contributed by atoms with van der Waals surface area (Å²) in [6.45, 7) is 1.67. The minimum Gasteiger partial charge on any atom is -0.508 e. The largest absolute Gasteiger partial charge is 0.508 e. The third-order valence-corrected chi connectivity index (χ3v) is 2.83. The number of amides is 1. The summed E-state index contributed by atoms with van der Waals surface area (Å²) < 4.78 is 4.89. The highest BCUT2D eigenvalue weighted by atomic mass is 35.5. The van der Waals surface area contributed by atoms with E-state index >= 15 is 0 Å². The second-order valence-corrected chi connectivity index (χ2v) is 4.78. The zero-order chi connectivity index (χ0) is 14.5. The molecule has 0 aliphatic rings. The summed E-state index contributed by atoms with van der Waals surface area (Å²) in [5, 5.41) is 21.1. The number of aromatic hydroxyl groups is 1. The number of ether oxygens (including phenoxy) is 1. The van der Waals surface area contributed by atoms with Crippen molar-refractivity contribution in [3.8, 4) is 11.8 Å². The topological polar surface area (TPSA) is 82.3 Å². The van der Waals surface area contributed by atoms with Crippen molar-refractivity contribution in [1.82, 2.24) is 5.32 Å². The van der Waals surface area contributed by atoms with Crippen LogP contribution in [-0.4, -0.2) is 30.3 Å². The molecule has 0 radical (unpaired) electrons. The van der Waals surface area contributed by atoms with Gasteiger partial charge in [0, 0.05) is 12.1 Å². The summed E-state index contributed by atoms with van der Waals surface area (Å²) in [6, 6.07) is 6.37. The van der Waals surface area contributed by atoms with E-state index in [0.717, 1.165) is 0 Å². The number of methoxy groups -OCH3 is 1. The van der Waals surface area contributed by atoms with Gasteiger partial charge in [-0.05, 0) is 24.6 Å². The van der Waals surface area contributed by atoms with E-state index < -0.39 is 5.54 Å². The van der Waals surface area contributed by atoms with Gasteiger partial charge in [-0.15, -0.1) is 0 Å². The lowest BCUT2D eigenvalue weighted by Gasteiger charge is -2.22. The Kier molecular flexibility index (Phi) is 5.16. The molecule has 1 unspecified atom stereocenters. The second-order valence-electron chi connectivity index (χ2n) is 4.38. The van der Waals surface area contributed by atoms with Crippen molar-refractivity contribution in [1.29, 1.82) is 5.26 Å². The Balaban J connectivity index is 2.73. The first-order valence-corrected chi connectivity index (χ1v) is 5.96. The van der Waals surface area contributed by atoms with Crippen molar-refractivity contribution in [2.75, 3.05) is 13.7 Å². The molecule has 6 heteroatoms. The summed E-state index contributed by atoms with van der Waals surface area (Å²) in [5.41, 5.74) is -0.496. The monoisotopic (exact) mass is 282 g/mol. The molecule has 0 spiro atoms. The Morgan fingerprint density at radius 2 is 2.32 bits per heavy atom. The van der Waals surface area contributed by atoms with Gasteiger partial charge < -0.3 is 15.2 Å². The quantitative estimate of drug-likeness (QED) is 0.860. The maximum Gasteiger partial charge on any atom is 0.225 e. The maximum absolute atomic E-state index is 11.9. The minimum absolute atomic E-state index is 0.0279. The number of nitrogens with one attached hydrogen (secondary N) is 1. The lowest BCUT2D eigenvalue weighted by Crippen LogP contribution is -2.48. The van der Waals surface area contributed by atoms with Crippen LogP contribution in [0.2, 0.25) is 5.02 Å². The molecule has 0 bridgehead atoms. The Bertz CT molecular complexity index is 513. The highest BCUT2D eigenvalue weighted by molar-refractivity contribution is 6.31. The molecule has 1 aromatic rings. The predicted molar refractivity (Wildman–Crippen MR) is 70.9 cm³/mol. The Labute approximate surface area is 116 Å². The standard InChI is InChI=1S/C13H15ClN2O3/c1-13(7-15,8-19-2)16-12(18)5-9-3-4-10(17)6-11(9)14/h3-4,6,17H,5,8H2,1-2H3,(H,16,18). The molecule has 102 valence electrons. The number of hydrogen-bond acceptors (Lipinski definition) is 4. The molecule has 0 aliphatic heterocycles. The van der Waals surface area contributed by atoms with Gasteiger partial charge in [0.2, 0.25) is 5.91 Å². The first kappa shape index (κ1) is 15.3. The van der Waals surface area contributed by atoms with Crippen LogP contribution in [0.4, 0.5) is 0 Å². The molecule has 1 rings (SSSR count). The number of hydrogen-bond donors (Lipinski definition) is 2. The molecule has 5 nitrogen and oxygen atoms in total. The van der Waals surface area contributed by atoms with Gasteiger partial charge in [0.1, 0.15) is 11.3 Å². The van der Waals surface area contributed by atoms with Crippen LogP contribution in [0.3, 0.4) is 0 Å². The lowest BCUT2D eigenvalue weighted by atomic mass is 10.0. The number of phenolic OH excluding ortho intramolecular Hbond substituents is 1. The van der Waals surface area contributed by atoms with Crippen molar-refractivity contribution in [2.45, 2.75) is 18.9 Å². The van der Waals surface area contributed by atoms with Gasteiger partial charge in [-0.3, -0.25) is 4.79 Å². The van der Waals surface area contributed by atoms with Gasteiger partial charge in [0.25, 0.3) is 0 Å². The van der Waals surface area contributed by atoms with E-state index in [2.05, 4.69) is 5.32 Å². The summed E-state index contributed by atoms with van der Waals surface area (Å²) in [5.74, 6) is -0.302. The van der Waals surface area contributed by atoms with Crippen molar-refractivity contribution < 1.29 is 14.6 Å². The molecule has 1 amide bonds. The normalized spacial score (nSPS) is 13.4. The molecule has 0 fully saturated rings. The minimum atomic E-state index is -1.07. The third-order valence-electron chi connectivity index (χ3n) is 2.48. The number of nitrogens with zero attached hydrogens (tertiary/aromatic N) is 1. The predicted octanol–water partition coefficient (Wildman–Crippen LogP) is 1.63. The van der Waals surface area contributed by atoms with E-state index in [4.69, 9.17) is 21.6 Å². The van der Waals surface area contributed by atoms with Gasteiger partial charge in [-0.25, -0.2) is 0 Å². The van der Waals surface area contributed by atoms with Crippen LogP contribution in [0.1, 0.15) is 12.5 Å². The Morgan fingerprint density at radius 1 is 1.63 bits per heavy atom. The number of phenols is 1. The van der Waals surface area contributed by atoms with E-state index in [-0.39, 0.29) is 24.7 Å². The number of rotatable bonds is 5. The van der Waals surface area contributed by atoms with Crippen LogP contribution in [0.15, 0.2) is 18.2 Å². The van der Waals surface area contributed by atoms with Crippen LogP contribution < -0.4 is 5.32 Å². The highest BCUT2D eigenvalue weighted by Gasteiger charge is 2.26. The SMILES string of the molecule is COCC(C)(C#N)NC(=O)Cc1ccc(O)cc1Cl. The summed E-state index contributed by atoms with van der Waals surface area (Å²) >= 11 is 5.91. The average Bonchev–Trinajstić information content (AvgIpc) is 2.33. The number of carbonyl (C=O) groups excluding carboxylic acids is 1. The van der Waals surface area contributed by atoms with E-state index in [9.17, 15) is 9.90 Å². The molecule has 0 aromatic heterocycles. The second kappa shape index (κ2) is 6.41. The number of halogens is 1. The van der Waals surface area contributed by atoms with Gasteiger partial charge in [0.05, 0.1) is 19.1 Å². The molecule has 0 saturated carbocycles. The first-order chi connectivity index (χ1) is 8.90. The maximum atomic E-state index is 11.9. The number of benzene rings is 1. The van der Waals surface area contributed by atoms with Crippen molar-refractivity contribution in [3.63, 3.8) is 0 Å². The van der Waals surface area contributed by atoms with E-state index in [0.29, 0.717) is 10.6 Å². The molecule has 2 N–H and O–H groups in total. The van der Waals surface area contributed by atoms with Crippen molar-refractivity contribution >= 4 is 17.5 Å². The molecule has 19 heavy (non-hydrogen) atoms. The summed E-state index contributed by atoms with van der Waals surface area (Å²) in [4.78, 5) is 11.9. The molecule has 0 saturated heterocycles. The highest BCUT2D eigenvalue weighted by Crippen LogP contribution is 2.22. The summed E-state index contributed by atoms with van der Waals surface area (Å²) in [7, 11) is 1.46. The van der Waals surface area contributed by atoms with Crippen molar-refractivity contribution in [2.24, 2.45) is 0 Å². The van der Waals surface area contributed by atoms with Crippen molar-refractivity contribution in [3.05, 3.63) is 28.8 Å². The van der Waals surface area contributed by atoms with E-state index in [1.165, 1.54) is 19.2 Å². The molecule has 0 aliphatic carbocycles. The van der Waals surface area contributed by atoms with Crippen LogP contribution in [-0.2, 0) is 16.0 Å². The Morgan fingerprint density at radius 3 is 2.84 bits per heavy atom. The fourth-order valence-corrected chi connectivity index (χ4v) is 1.83. The van der Waals surface area contributed by atoms with Gasteiger partial charge in [-0.2, -0.15) is 5.26 Å². The Hall–Kier alpha value is -1.77. The van der Waals surface area contributed by atoms with Crippen LogP contribution in [0.25, 0.3) is 0 Å².